The van der Waals surface area contributed by atoms with E-state index in [1.807, 2.05) is 10.9 Å². The molecule has 3 aliphatic rings. The molecule has 2 aromatic carbocycles. The molecule has 59 heavy (non-hydrogen) atoms. The summed E-state index contributed by atoms with van der Waals surface area (Å²) in [5.41, 5.74) is -0.547. The third-order valence-electron chi connectivity index (χ3n) is 11.1. The molecule has 2 unspecified atom stereocenters. The second-order valence-corrected chi connectivity index (χ2v) is 16.6. The van der Waals surface area contributed by atoms with Gasteiger partial charge in [-0.05, 0) is 89.4 Å². The summed E-state index contributed by atoms with van der Waals surface area (Å²) in [6.07, 6.45) is -2.19. The van der Waals surface area contributed by atoms with Gasteiger partial charge >= 0.3 is 6.18 Å². The summed E-state index contributed by atoms with van der Waals surface area (Å²) in [4.78, 5) is 57.2. The number of aliphatic hydroxyl groups excluding tert-OH is 1. The molecular formula is C41H48F3N9O6. The molecular weight excluding hydrogens is 772 g/mol. The van der Waals surface area contributed by atoms with Gasteiger partial charge in [-0.15, -0.1) is 0 Å². The zero-order valence-electron chi connectivity index (χ0n) is 33.2. The van der Waals surface area contributed by atoms with E-state index in [1.54, 1.807) is 44.2 Å². The van der Waals surface area contributed by atoms with Crippen LogP contribution >= 0.6 is 0 Å². The summed E-state index contributed by atoms with van der Waals surface area (Å²) in [6, 6.07) is 10.8. The quantitative estimate of drug-likeness (QED) is 0.0882. The van der Waals surface area contributed by atoms with Crippen LogP contribution in [-0.2, 0) is 21.4 Å². The number of carbonyl (C=O) groups excluding carboxylic acids is 4. The number of benzene rings is 2. The van der Waals surface area contributed by atoms with Gasteiger partial charge in [0, 0.05) is 84.3 Å². The topological polar surface area (TPSA) is 194 Å². The number of imide groups is 1. The lowest BCUT2D eigenvalue weighted by Crippen LogP contribution is -2.53. The number of pyridine rings is 1. The number of hydrogen-bond acceptors (Lipinski definition) is 11. The third-order valence-corrected chi connectivity index (χ3v) is 11.1. The fourth-order valence-corrected chi connectivity index (χ4v) is 8.10. The highest BCUT2D eigenvalue weighted by atomic mass is 19.4. The van der Waals surface area contributed by atoms with E-state index in [9.17, 15) is 42.6 Å². The van der Waals surface area contributed by atoms with Crippen LogP contribution in [0.5, 0.6) is 0 Å². The largest absolute Gasteiger partial charge is 0.433 e. The van der Waals surface area contributed by atoms with Crippen molar-refractivity contribution in [3.63, 3.8) is 0 Å². The average Bonchev–Trinajstić information content (AvgIpc) is 3.69. The summed E-state index contributed by atoms with van der Waals surface area (Å²) in [5, 5.41) is 39.3. The van der Waals surface area contributed by atoms with Crippen LogP contribution in [0.15, 0.2) is 54.7 Å². The van der Waals surface area contributed by atoms with E-state index in [4.69, 9.17) is 5.10 Å². The number of nitrogens with one attached hydrogen (secondary N) is 4. The van der Waals surface area contributed by atoms with Gasteiger partial charge in [0.2, 0.25) is 11.8 Å². The molecule has 6 N–H and O–H groups in total. The monoisotopic (exact) mass is 819 g/mol. The molecule has 2 fully saturated rings. The lowest BCUT2D eigenvalue weighted by molar-refractivity contribution is -0.141. The van der Waals surface area contributed by atoms with Gasteiger partial charge in [0.15, 0.2) is 6.23 Å². The number of halogens is 3. The molecule has 0 saturated carbocycles. The van der Waals surface area contributed by atoms with E-state index in [-0.39, 0.29) is 30.1 Å². The van der Waals surface area contributed by atoms with Crippen molar-refractivity contribution in [1.29, 1.82) is 0 Å². The molecule has 0 spiro atoms. The van der Waals surface area contributed by atoms with Gasteiger partial charge in [0.1, 0.15) is 17.4 Å². The standard InChI is InChI=1S/C41H48F3N9O6/c1-39(2,46-15-14-45-24-8-9-26-27(19-24)38(58)53(37(26)57)32-10-11-34(54)49-36(32)56)22-51-16-12-25(13-17-51)52-21-23-18-31(28(40(3,4)59)20-30(23)50-52)48-35(55)29-6-5-7-33(47-29)41(42,43)44/h5-9,18-21,25,32,38,45-46,58-59H,10-17,22H2,1-4H3,(H,48,55)(H,49,54,56). The number of aliphatic hydroxyl groups is 2. The molecule has 5 heterocycles. The van der Waals surface area contributed by atoms with Crippen LogP contribution in [0, 0.1) is 0 Å². The molecule has 4 aromatic rings. The molecule has 4 amide bonds. The van der Waals surface area contributed by atoms with E-state index in [0.717, 1.165) is 55.2 Å². The van der Waals surface area contributed by atoms with E-state index in [0.29, 0.717) is 40.7 Å². The molecule has 7 rings (SSSR count). The molecule has 3 aliphatic heterocycles. The SMILES string of the molecule is CC(C)(CN1CCC(n2cc3cc(NC(=O)c4cccc(C(F)(F)F)n4)c(C(C)(C)O)cc3n2)CC1)NCCNc1ccc2c(c1)C(O)N(C1CCC(=O)NC1=O)C2=O. The number of fused-ring (bicyclic) bond motifs is 2. The van der Waals surface area contributed by atoms with Crippen LogP contribution in [0.25, 0.3) is 10.9 Å². The maximum atomic E-state index is 13.2. The van der Waals surface area contributed by atoms with Crippen molar-refractivity contribution in [3.05, 3.63) is 82.8 Å². The highest BCUT2D eigenvalue weighted by Crippen LogP contribution is 2.37. The number of anilines is 2. The first-order chi connectivity index (χ1) is 27.8. The molecule has 2 aromatic heterocycles. The second-order valence-electron chi connectivity index (χ2n) is 16.6. The first kappa shape index (κ1) is 41.7. The predicted molar refractivity (Wildman–Crippen MR) is 211 cm³/mol. The van der Waals surface area contributed by atoms with Crippen LogP contribution in [0.3, 0.4) is 0 Å². The number of rotatable bonds is 12. The van der Waals surface area contributed by atoms with Crippen LogP contribution in [-0.4, -0.2) is 103 Å². The van der Waals surface area contributed by atoms with Crippen molar-refractivity contribution in [2.75, 3.05) is 43.4 Å². The number of amides is 4. The maximum absolute atomic E-state index is 13.2. The van der Waals surface area contributed by atoms with Gasteiger partial charge in [-0.1, -0.05) is 6.07 Å². The smallest absolute Gasteiger partial charge is 0.386 e. The Kier molecular flexibility index (Phi) is 11.3. The Morgan fingerprint density at radius 2 is 1.73 bits per heavy atom. The Balaban J connectivity index is 0.911. The van der Waals surface area contributed by atoms with E-state index < -0.39 is 59.1 Å². The molecule has 2 atom stereocenters. The number of hydrogen-bond donors (Lipinski definition) is 6. The fourth-order valence-electron chi connectivity index (χ4n) is 8.10. The van der Waals surface area contributed by atoms with Crippen molar-refractivity contribution in [2.45, 2.75) is 89.0 Å². The average molecular weight is 820 g/mol. The Hall–Kier alpha value is -5.43. The summed E-state index contributed by atoms with van der Waals surface area (Å²) >= 11 is 0. The molecule has 0 bridgehead atoms. The molecule has 314 valence electrons. The lowest BCUT2D eigenvalue weighted by Gasteiger charge is -2.38. The summed E-state index contributed by atoms with van der Waals surface area (Å²) in [7, 11) is 0. The third kappa shape index (κ3) is 9.10. The minimum Gasteiger partial charge on any atom is -0.386 e. The first-order valence-corrected chi connectivity index (χ1v) is 19.6. The molecule has 2 saturated heterocycles. The van der Waals surface area contributed by atoms with Crippen molar-refractivity contribution in [1.82, 2.24) is 35.2 Å². The van der Waals surface area contributed by atoms with Gasteiger partial charge < -0.3 is 31.1 Å². The van der Waals surface area contributed by atoms with E-state index >= 15 is 0 Å². The maximum Gasteiger partial charge on any atom is 0.433 e. The minimum absolute atomic E-state index is 0.0963. The fraction of sp³-hybridized carbons (Fsp3) is 0.463. The van der Waals surface area contributed by atoms with Gasteiger partial charge in [-0.25, -0.2) is 4.98 Å². The van der Waals surface area contributed by atoms with Crippen LogP contribution < -0.4 is 21.3 Å². The Morgan fingerprint density at radius 3 is 2.42 bits per heavy atom. The van der Waals surface area contributed by atoms with Gasteiger partial charge in [0.25, 0.3) is 11.8 Å². The molecule has 18 heteroatoms. The van der Waals surface area contributed by atoms with Crippen molar-refractivity contribution in [2.24, 2.45) is 0 Å². The molecule has 15 nitrogen and oxygen atoms in total. The Labute approximate surface area is 338 Å². The Morgan fingerprint density at radius 1 is 0.983 bits per heavy atom. The summed E-state index contributed by atoms with van der Waals surface area (Å²) in [6.45, 7) is 11.0. The van der Waals surface area contributed by atoms with Crippen LogP contribution in [0.1, 0.15) is 103 Å². The number of carbonyl (C=O) groups is 4. The lowest BCUT2D eigenvalue weighted by atomic mass is 9.95. The van der Waals surface area contributed by atoms with E-state index in [1.165, 1.54) is 6.07 Å². The van der Waals surface area contributed by atoms with Gasteiger partial charge in [-0.3, -0.25) is 34.1 Å². The first-order valence-electron chi connectivity index (χ1n) is 19.6. The van der Waals surface area contributed by atoms with Gasteiger partial charge in [-0.2, -0.15) is 18.3 Å². The normalized spacial score (nSPS) is 19.6. The van der Waals surface area contributed by atoms with Crippen LogP contribution in [0.2, 0.25) is 0 Å². The number of alkyl halides is 3. The molecule has 0 aliphatic carbocycles. The van der Waals surface area contributed by atoms with Gasteiger partial charge in [0.05, 0.1) is 17.2 Å². The highest BCUT2D eigenvalue weighted by molar-refractivity contribution is 6.06. The summed E-state index contributed by atoms with van der Waals surface area (Å²) < 4.78 is 41.6. The minimum atomic E-state index is -4.71. The van der Waals surface area contributed by atoms with Crippen molar-refractivity contribution < 1.29 is 42.6 Å². The zero-order chi connectivity index (χ0) is 42.4. The number of likely N-dealkylation sites (tertiary alicyclic amines) is 1. The Bertz CT molecular complexity index is 2280. The number of nitrogens with zero attached hydrogens (tertiary/aromatic N) is 5. The van der Waals surface area contributed by atoms with E-state index in [2.05, 4.69) is 45.0 Å². The number of aromatic nitrogens is 3. The van der Waals surface area contributed by atoms with Crippen molar-refractivity contribution in [3.8, 4) is 0 Å². The van der Waals surface area contributed by atoms with Crippen molar-refractivity contribution >= 4 is 45.9 Å². The second kappa shape index (κ2) is 16.0. The van der Waals surface area contributed by atoms with Crippen LogP contribution in [0.4, 0.5) is 24.5 Å². The molecule has 0 radical (unpaired) electrons. The zero-order valence-corrected chi connectivity index (χ0v) is 33.2. The predicted octanol–water partition coefficient (Wildman–Crippen LogP) is 4.30. The summed E-state index contributed by atoms with van der Waals surface area (Å²) in [5.74, 6) is -2.27. The highest BCUT2D eigenvalue weighted by Gasteiger charge is 2.44. The number of piperidine rings is 2.